The van der Waals surface area contributed by atoms with Gasteiger partial charge in [-0.2, -0.15) is 0 Å². The number of benzene rings is 3. The fraction of sp³-hybridized carbons (Fsp3) is 0.310. The minimum atomic E-state index is -0.365. The van der Waals surface area contributed by atoms with Crippen LogP contribution >= 0.6 is 0 Å². The van der Waals surface area contributed by atoms with Crippen LogP contribution in [0.25, 0.3) is 11.0 Å². The molecule has 1 heterocycles. The molecule has 0 saturated heterocycles. The van der Waals surface area contributed by atoms with E-state index in [0.717, 1.165) is 48.4 Å². The van der Waals surface area contributed by atoms with E-state index in [1.54, 1.807) is 0 Å². The topological polar surface area (TPSA) is 56.1 Å². The smallest absolute Gasteiger partial charge is 0.251 e. The number of para-hydroxylation sites is 2. The average molecular weight is 474 g/mol. The van der Waals surface area contributed by atoms with Gasteiger partial charge in [0.05, 0.1) is 24.2 Å². The summed E-state index contributed by atoms with van der Waals surface area (Å²) in [6.45, 7) is 6.15. The predicted molar refractivity (Wildman–Crippen MR) is 137 cm³/mol. The third-order valence-electron chi connectivity index (χ3n) is 6.35. The van der Waals surface area contributed by atoms with E-state index in [2.05, 4.69) is 35.9 Å². The van der Waals surface area contributed by atoms with E-state index in [-0.39, 0.29) is 11.7 Å². The molecule has 4 aromatic rings. The van der Waals surface area contributed by atoms with Crippen molar-refractivity contribution in [3.05, 3.63) is 95.6 Å². The summed E-state index contributed by atoms with van der Waals surface area (Å²) in [7, 11) is 0. The highest BCUT2D eigenvalue weighted by atomic mass is 19.1. The van der Waals surface area contributed by atoms with Crippen LogP contribution in [0.4, 0.5) is 4.39 Å². The van der Waals surface area contributed by atoms with E-state index in [4.69, 9.17) is 9.72 Å². The molecule has 4 rings (SSSR count). The van der Waals surface area contributed by atoms with Gasteiger partial charge in [0.1, 0.15) is 17.4 Å². The minimum Gasteiger partial charge on any atom is -0.494 e. The van der Waals surface area contributed by atoms with Crippen molar-refractivity contribution in [1.29, 1.82) is 0 Å². The maximum atomic E-state index is 13.1. The summed E-state index contributed by atoms with van der Waals surface area (Å²) in [6, 6.07) is 21.9. The monoisotopic (exact) mass is 473 g/mol. The van der Waals surface area contributed by atoms with E-state index in [9.17, 15) is 9.18 Å². The number of halogens is 1. The number of carbonyl (C=O) groups excluding carboxylic acids is 1. The molecular weight excluding hydrogens is 441 g/mol. The number of ether oxygens (including phenoxy) is 1. The average Bonchev–Trinajstić information content (AvgIpc) is 3.24. The lowest BCUT2D eigenvalue weighted by molar-refractivity contribution is 0.0949. The molecule has 35 heavy (non-hydrogen) atoms. The number of amides is 1. The quantitative estimate of drug-likeness (QED) is 0.254. The lowest BCUT2D eigenvalue weighted by atomic mass is 9.99. The molecular formula is C29H32FN3O2. The van der Waals surface area contributed by atoms with Crippen LogP contribution in [0.5, 0.6) is 5.75 Å². The molecule has 1 unspecified atom stereocenters. The third-order valence-corrected chi connectivity index (χ3v) is 6.35. The van der Waals surface area contributed by atoms with E-state index in [0.29, 0.717) is 24.6 Å². The molecule has 0 radical (unpaired) electrons. The number of fused-ring (bicyclic) bond motifs is 1. The first kappa shape index (κ1) is 24.5. The Balaban J connectivity index is 1.33. The Bertz CT molecular complexity index is 1250. The molecule has 0 aliphatic rings. The van der Waals surface area contributed by atoms with E-state index in [1.807, 2.05) is 36.4 Å². The zero-order valence-electron chi connectivity index (χ0n) is 20.3. The number of nitrogens with zero attached hydrogens (tertiary/aromatic N) is 2. The molecule has 3 aromatic carbocycles. The summed E-state index contributed by atoms with van der Waals surface area (Å²) in [6.07, 6.45) is 2.95. The number of aryl methyl sites for hydroxylation is 1. The molecule has 0 fully saturated rings. The zero-order valence-corrected chi connectivity index (χ0v) is 20.3. The highest BCUT2D eigenvalue weighted by molar-refractivity contribution is 5.94. The number of hydrogen-bond donors (Lipinski definition) is 1. The summed E-state index contributed by atoms with van der Waals surface area (Å²) >= 11 is 0. The van der Waals surface area contributed by atoms with Gasteiger partial charge in [-0.15, -0.1) is 0 Å². The normalized spacial score (nSPS) is 12.0. The lowest BCUT2D eigenvalue weighted by Crippen LogP contribution is -2.24. The van der Waals surface area contributed by atoms with Crippen molar-refractivity contribution in [3.8, 4) is 5.75 Å². The fourth-order valence-corrected chi connectivity index (χ4v) is 4.06. The summed E-state index contributed by atoms with van der Waals surface area (Å²) in [5.74, 6) is 1.63. The molecule has 182 valence electrons. The van der Waals surface area contributed by atoms with Gasteiger partial charge >= 0.3 is 0 Å². The molecule has 0 spiro atoms. The third kappa shape index (κ3) is 6.27. The molecule has 1 N–H and O–H groups in total. The number of hydrogen-bond acceptors (Lipinski definition) is 3. The first-order chi connectivity index (χ1) is 17.0. The Morgan fingerprint density at radius 1 is 1.03 bits per heavy atom. The maximum absolute atomic E-state index is 13.1. The van der Waals surface area contributed by atoms with Gasteiger partial charge in [-0.25, -0.2) is 9.37 Å². The van der Waals surface area contributed by atoms with Crippen molar-refractivity contribution in [1.82, 2.24) is 14.9 Å². The predicted octanol–water partition coefficient (Wildman–Crippen LogP) is 6.48. The van der Waals surface area contributed by atoms with Crippen molar-refractivity contribution in [2.24, 2.45) is 0 Å². The van der Waals surface area contributed by atoms with Crippen molar-refractivity contribution < 1.29 is 13.9 Å². The molecule has 0 aliphatic heterocycles. The number of rotatable bonds is 11. The first-order valence-electron chi connectivity index (χ1n) is 12.3. The molecule has 0 bridgehead atoms. The van der Waals surface area contributed by atoms with Gasteiger partial charge in [-0.05, 0) is 79.3 Å². The molecule has 6 heteroatoms. The van der Waals surface area contributed by atoms with Crippen LogP contribution < -0.4 is 10.1 Å². The van der Waals surface area contributed by atoms with Gasteiger partial charge in [-0.1, -0.05) is 38.1 Å². The lowest BCUT2D eigenvalue weighted by Gasteiger charge is -2.12. The van der Waals surface area contributed by atoms with Gasteiger partial charge in [0.25, 0.3) is 5.91 Å². The van der Waals surface area contributed by atoms with Crippen LogP contribution in [0.1, 0.15) is 60.8 Å². The van der Waals surface area contributed by atoms with E-state index >= 15 is 0 Å². The van der Waals surface area contributed by atoms with Gasteiger partial charge in [0.2, 0.25) is 0 Å². The molecule has 5 nitrogen and oxygen atoms in total. The molecule has 1 amide bonds. The summed E-state index contributed by atoms with van der Waals surface area (Å²) in [5, 5.41) is 2.91. The second-order valence-corrected chi connectivity index (χ2v) is 8.79. The van der Waals surface area contributed by atoms with Crippen LogP contribution in [0.2, 0.25) is 0 Å². The zero-order chi connectivity index (χ0) is 24.6. The SMILES string of the molecule is CCC(C)c1ccc(OCCCCn2c(CNC(=O)c3ccc(F)cc3)nc3ccccc32)cc1. The van der Waals surface area contributed by atoms with Crippen LogP contribution in [0, 0.1) is 5.82 Å². The van der Waals surface area contributed by atoms with Gasteiger partial charge in [0, 0.05) is 12.1 Å². The van der Waals surface area contributed by atoms with Crippen LogP contribution in [0.15, 0.2) is 72.8 Å². The van der Waals surface area contributed by atoms with E-state index in [1.165, 1.54) is 29.8 Å². The summed E-state index contributed by atoms with van der Waals surface area (Å²) in [5.41, 5.74) is 3.70. The Morgan fingerprint density at radius 2 is 1.77 bits per heavy atom. The Morgan fingerprint density at radius 3 is 2.51 bits per heavy atom. The number of aromatic nitrogens is 2. The van der Waals surface area contributed by atoms with Gasteiger partial charge in [-0.3, -0.25) is 4.79 Å². The van der Waals surface area contributed by atoms with Crippen molar-refractivity contribution in [3.63, 3.8) is 0 Å². The maximum Gasteiger partial charge on any atom is 0.251 e. The molecule has 0 aliphatic carbocycles. The number of nitrogens with one attached hydrogen (secondary N) is 1. The highest BCUT2D eigenvalue weighted by Crippen LogP contribution is 2.22. The second-order valence-electron chi connectivity index (χ2n) is 8.79. The number of carbonyl (C=O) groups is 1. The van der Waals surface area contributed by atoms with Crippen LogP contribution in [-0.2, 0) is 13.1 Å². The summed E-state index contributed by atoms with van der Waals surface area (Å²) in [4.78, 5) is 17.2. The largest absolute Gasteiger partial charge is 0.494 e. The van der Waals surface area contributed by atoms with Crippen molar-refractivity contribution >= 4 is 16.9 Å². The Labute approximate surface area is 206 Å². The Hall–Kier alpha value is -3.67. The van der Waals surface area contributed by atoms with Gasteiger partial charge in [0.15, 0.2) is 0 Å². The van der Waals surface area contributed by atoms with Gasteiger partial charge < -0.3 is 14.6 Å². The highest BCUT2D eigenvalue weighted by Gasteiger charge is 2.12. The Kier molecular flexibility index (Phi) is 8.14. The molecule has 1 aromatic heterocycles. The first-order valence-corrected chi connectivity index (χ1v) is 12.3. The van der Waals surface area contributed by atoms with Crippen molar-refractivity contribution in [2.75, 3.05) is 6.61 Å². The number of unbranched alkanes of at least 4 members (excludes halogenated alkanes) is 1. The van der Waals surface area contributed by atoms with Crippen molar-refractivity contribution in [2.45, 2.75) is 52.1 Å². The second kappa shape index (κ2) is 11.6. The molecule has 1 atom stereocenters. The molecule has 0 saturated carbocycles. The number of imidazole rings is 1. The van der Waals surface area contributed by atoms with Crippen LogP contribution in [-0.4, -0.2) is 22.1 Å². The van der Waals surface area contributed by atoms with E-state index < -0.39 is 0 Å². The minimum absolute atomic E-state index is 0.253. The van der Waals surface area contributed by atoms with Crippen LogP contribution in [0.3, 0.4) is 0 Å². The summed E-state index contributed by atoms with van der Waals surface area (Å²) < 4.78 is 21.2. The standard InChI is InChI=1S/C29H32FN3O2/c1-3-21(2)22-12-16-25(17-13-22)35-19-7-6-18-33-27-9-5-4-8-26(27)32-28(33)20-31-29(34)23-10-14-24(30)15-11-23/h4-5,8-17,21H,3,6-7,18-20H2,1-2H3,(H,31,34). The fourth-order valence-electron chi connectivity index (χ4n) is 4.06.